The predicted molar refractivity (Wildman–Crippen MR) is 81.2 cm³/mol. The molecule has 1 aromatic rings. The van der Waals surface area contributed by atoms with Gasteiger partial charge in [-0.1, -0.05) is 42.8 Å². The maximum Gasteiger partial charge on any atom is 0.192 e. The van der Waals surface area contributed by atoms with Crippen LogP contribution in [0.1, 0.15) is 32.4 Å². The SMILES string of the molecule is CC(C)(C)[Si](C)(C)OC(CBr)c1ccc(F)cc1F. The van der Waals surface area contributed by atoms with Crippen LogP contribution >= 0.6 is 15.9 Å². The van der Waals surface area contributed by atoms with Crippen LogP contribution in [0.2, 0.25) is 18.1 Å². The van der Waals surface area contributed by atoms with Gasteiger partial charge in [0.25, 0.3) is 0 Å². The molecule has 5 heteroatoms. The van der Waals surface area contributed by atoms with Gasteiger partial charge in [-0.3, -0.25) is 0 Å². The zero-order valence-corrected chi connectivity index (χ0v) is 14.6. The fourth-order valence-corrected chi connectivity index (χ4v) is 3.47. The quantitative estimate of drug-likeness (QED) is 0.520. The number of alkyl halides is 1. The average Bonchev–Trinajstić information content (AvgIpc) is 2.25. The van der Waals surface area contributed by atoms with E-state index in [1.54, 1.807) is 0 Å². The van der Waals surface area contributed by atoms with Gasteiger partial charge < -0.3 is 4.43 Å². The van der Waals surface area contributed by atoms with Gasteiger partial charge in [0.2, 0.25) is 0 Å². The Morgan fingerprint density at radius 3 is 2.26 bits per heavy atom. The number of halogens is 3. The second-order valence-corrected chi connectivity index (χ2v) is 11.6. The van der Waals surface area contributed by atoms with Crippen molar-refractivity contribution in [3.8, 4) is 0 Å². The number of hydrogen-bond donors (Lipinski definition) is 0. The Kier molecular flexibility index (Phi) is 5.32. The van der Waals surface area contributed by atoms with Crippen molar-refractivity contribution in [2.24, 2.45) is 0 Å². The Morgan fingerprint density at radius 2 is 1.84 bits per heavy atom. The monoisotopic (exact) mass is 350 g/mol. The van der Waals surface area contributed by atoms with Gasteiger partial charge in [0.1, 0.15) is 11.6 Å². The second kappa shape index (κ2) is 6.02. The first kappa shape index (κ1) is 16.8. The molecule has 0 aliphatic rings. The molecule has 0 amide bonds. The van der Waals surface area contributed by atoms with Gasteiger partial charge in [0.05, 0.1) is 6.10 Å². The van der Waals surface area contributed by atoms with E-state index >= 15 is 0 Å². The molecule has 0 aliphatic carbocycles. The van der Waals surface area contributed by atoms with Gasteiger partial charge in [0, 0.05) is 17.0 Å². The minimum atomic E-state index is -2.00. The van der Waals surface area contributed by atoms with E-state index in [0.29, 0.717) is 10.9 Å². The van der Waals surface area contributed by atoms with Crippen LogP contribution in [0.4, 0.5) is 8.78 Å². The van der Waals surface area contributed by atoms with Gasteiger partial charge in [-0.15, -0.1) is 0 Å². The third kappa shape index (κ3) is 4.10. The summed E-state index contributed by atoms with van der Waals surface area (Å²) in [6.45, 7) is 10.6. The molecule has 1 nitrogen and oxygen atoms in total. The lowest BCUT2D eigenvalue weighted by Gasteiger charge is -2.39. The molecular formula is C14H21BrF2OSi. The summed E-state index contributed by atoms with van der Waals surface area (Å²) >= 11 is 3.36. The predicted octanol–water partition coefficient (Wildman–Crippen LogP) is 5.42. The summed E-state index contributed by atoms with van der Waals surface area (Å²) in [6, 6.07) is 3.63. The summed E-state index contributed by atoms with van der Waals surface area (Å²) in [4.78, 5) is 0. The van der Waals surface area contributed by atoms with Crippen LogP contribution in [0.15, 0.2) is 18.2 Å². The fourth-order valence-electron chi connectivity index (χ4n) is 1.47. The van der Waals surface area contributed by atoms with Crippen molar-refractivity contribution in [3.05, 3.63) is 35.4 Å². The van der Waals surface area contributed by atoms with Gasteiger partial charge in [-0.05, 0) is 24.2 Å². The Hall–Kier alpha value is -0.263. The van der Waals surface area contributed by atoms with E-state index in [0.717, 1.165) is 6.07 Å². The van der Waals surface area contributed by atoms with Crippen LogP contribution < -0.4 is 0 Å². The largest absolute Gasteiger partial charge is 0.409 e. The normalized spacial score (nSPS) is 14.5. The summed E-state index contributed by atoms with van der Waals surface area (Å²) in [6.07, 6.45) is -0.388. The molecule has 0 saturated heterocycles. The molecule has 1 unspecified atom stereocenters. The Labute approximate surface area is 123 Å². The molecule has 0 aliphatic heterocycles. The molecule has 0 aromatic heterocycles. The summed E-state index contributed by atoms with van der Waals surface area (Å²) in [7, 11) is -2.00. The van der Waals surface area contributed by atoms with Gasteiger partial charge in [-0.25, -0.2) is 8.78 Å². The molecular weight excluding hydrogens is 330 g/mol. The van der Waals surface area contributed by atoms with Crippen molar-refractivity contribution >= 4 is 24.2 Å². The van der Waals surface area contributed by atoms with Gasteiger partial charge in [-0.2, -0.15) is 0 Å². The minimum absolute atomic E-state index is 0.0456. The zero-order chi connectivity index (χ0) is 14.8. The lowest BCUT2D eigenvalue weighted by atomic mass is 10.1. The van der Waals surface area contributed by atoms with Gasteiger partial charge in [0.15, 0.2) is 8.32 Å². The van der Waals surface area contributed by atoms with E-state index in [9.17, 15) is 8.78 Å². The van der Waals surface area contributed by atoms with Crippen molar-refractivity contribution in [2.75, 3.05) is 5.33 Å². The van der Waals surface area contributed by atoms with E-state index in [2.05, 4.69) is 49.8 Å². The average molecular weight is 351 g/mol. The zero-order valence-electron chi connectivity index (χ0n) is 12.1. The third-order valence-electron chi connectivity index (χ3n) is 3.69. The van der Waals surface area contributed by atoms with E-state index in [1.807, 2.05) is 0 Å². The lowest BCUT2D eigenvalue weighted by Crippen LogP contribution is -2.42. The van der Waals surface area contributed by atoms with E-state index in [-0.39, 0.29) is 11.1 Å². The van der Waals surface area contributed by atoms with Crippen LogP contribution in [-0.4, -0.2) is 13.6 Å². The molecule has 0 spiro atoms. The smallest absolute Gasteiger partial charge is 0.192 e. The second-order valence-electron chi connectivity index (χ2n) is 6.19. The summed E-state index contributed by atoms with van der Waals surface area (Å²) in [5, 5.41) is 0.534. The van der Waals surface area contributed by atoms with Crippen LogP contribution in [0.5, 0.6) is 0 Å². The molecule has 0 N–H and O–H groups in total. The van der Waals surface area contributed by atoms with E-state index in [1.165, 1.54) is 12.1 Å². The molecule has 1 atom stereocenters. The third-order valence-corrected chi connectivity index (χ3v) is 8.77. The summed E-state index contributed by atoms with van der Waals surface area (Å²) in [5.74, 6) is -1.12. The topological polar surface area (TPSA) is 9.23 Å². The molecule has 0 fully saturated rings. The van der Waals surface area contributed by atoms with Gasteiger partial charge >= 0.3 is 0 Å². The number of hydrogen-bond acceptors (Lipinski definition) is 1. The molecule has 0 saturated carbocycles. The minimum Gasteiger partial charge on any atom is -0.409 e. The highest BCUT2D eigenvalue weighted by molar-refractivity contribution is 9.09. The summed E-state index contributed by atoms with van der Waals surface area (Å²) < 4.78 is 33.0. The highest BCUT2D eigenvalue weighted by Gasteiger charge is 2.39. The molecule has 0 radical (unpaired) electrons. The lowest BCUT2D eigenvalue weighted by molar-refractivity contribution is 0.203. The van der Waals surface area contributed by atoms with Crippen LogP contribution in [0.3, 0.4) is 0 Å². The van der Waals surface area contributed by atoms with Crippen molar-refractivity contribution in [1.29, 1.82) is 0 Å². The fraction of sp³-hybridized carbons (Fsp3) is 0.571. The first-order valence-electron chi connectivity index (χ1n) is 6.27. The molecule has 19 heavy (non-hydrogen) atoms. The molecule has 0 heterocycles. The van der Waals surface area contributed by atoms with Crippen molar-refractivity contribution in [1.82, 2.24) is 0 Å². The molecule has 0 bridgehead atoms. The molecule has 1 aromatic carbocycles. The maximum absolute atomic E-state index is 13.8. The van der Waals surface area contributed by atoms with E-state index in [4.69, 9.17) is 4.43 Å². The van der Waals surface area contributed by atoms with Crippen molar-refractivity contribution in [2.45, 2.75) is 45.0 Å². The summed E-state index contributed by atoms with van der Waals surface area (Å²) in [5.41, 5.74) is 0.406. The highest BCUT2D eigenvalue weighted by atomic mass is 79.9. The Morgan fingerprint density at radius 1 is 1.26 bits per heavy atom. The van der Waals surface area contributed by atoms with Crippen LogP contribution in [0.25, 0.3) is 0 Å². The van der Waals surface area contributed by atoms with Crippen LogP contribution in [0, 0.1) is 11.6 Å². The number of rotatable bonds is 4. The first-order valence-corrected chi connectivity index (χ1v) is 10.3. The van der Waals surface area contributed by atoms with Crippen molar-refractivity contribution in [3.63, 3.8) is 0 Å². The standard InChI is InChI=1S/C14H21BrF2OSi/c1-14(2,3)19(4,5)18-13(9-15)11-7-6-10(16)8-12(11)17/h6-8,13H,9H2,1-5H3. The number of benzene rings is 1. The van der Waals surface area contributed by atoms with E-state index < -0.39 is 20.0 Å². The Bertz CT molecular complexity index is 444. The molecule has 108 valence electrons. The van der Waals surface area contributed by atoms with Crippen molar-refractivity contribution < 1.29 is 13.2 Å². The Balaban J connectivity index is 3.02. The first-order chi connectivity index (χ1) is 8.58. The molecule has 1 rings (SSSR count). The maximum atomic E-state index is 13.8. The van der Waals surface area contributed by atoms with Crippen LogP contribution in [-0.2, 0) is 4.43 Å². The highest BCUT2D eigenvalue weighted by Crippen LogP contribution is 2.40.